The zero-order chi connectivity index (χ0) is 20.9. The van der Waals surface area contributed by atoms with E-state index in [2.05, 4.69) is 4.98 Å². The van der Waals surface area contributed by atoms with Crippen LogP contribution in [0.5, 0.6) is 0 Å². The van der Waals surface area contributed by atoms with Crippen molar-refractivity contribution in [3.63, 3.8) is 0 Å². The van der Waals surface area contributed by atoms with E-state index < -0.39 is 11.6 Å². The molecule has 0 aliphatic carbocycles. The van der Waals surface area contributed by atoms with Gasteiger partial charge < -0.3 is 9.32 Å². The fourth-order valence-electron chi connectivity index (χ4n) is 3.06. The standard InChI is InChI=1S/C22H18F2N2O2S2/c23-17-6-1-7-18(24)22(17)19-12-25-20(28-19)8-9-21(27)26(13-15-4-2-10-29-15)14-16-5-3-11-30-16/h1-7,10-12H,8-9,13-14H2. The van der Waals surface area contributed by atoms with Gasteiger partial charge in [-0.15, -0.1) is 22.7 Å². The van der Waals surface area contributed by atoms with Crippen molar-refractivity contribution in [2.24, 2.45) is 0 Å². The maximum Gasteiger partial charge on any atom is 0.223 e. The minimum atomic E-state index is -0.716. The van der Waals surface area contributed by atoms with Gasteiger partial charge in [-0.2, -0.15) is 0 Å². The predicted molar refractivity (Wildman–Crippen MR) is 113 cm³/mol. The molecule has 1 amide bonds. The molecule has 0 saturated carbocycles. The van der Waals surface area contributed by atoms with Crippen molar-refractivity contribution in [2.75, 3.05) is 0 Å². The predicted octanol–water partition coefficient (Wildman–Crippen LogP) is 5.90. The third kappa shape index (κ3) is 4.83. The lowest BCUT2D eigenvalue weighted by Gasteiger charge is -2.21. The van der Waals surface area contributed by atoms with Gasteiger partial charge in [0.1, 0.15) is 11.6 Å². The summed E-state index contributed by atoms with van der Waals surface area (Å²) in [6.07, 6.45) is 1.73. The van der Waals surface area contributed by atoms with Crippen LogP contribution in [0.3, 0.4) is 0 Å². The van der Waals surface area contributed by atoms with E-state index in [9.17, 15) is 13.6 Å². The summed E-state index contributed by atoms with van der Waals surface area (Å²) in [6, 6.07) is 11.5. The van der Waals surface area contributed by atoms with Crippen LogP contribution in [-0.4, -0.2) is 15.8 Å². The molecule has 0 N–H and O–H groups in total. The number of hydrogen-bond acceptors (Lipinski definition) is 5. The second kappa shape index (κ2) is 9.32. The molecular weight excluding hydrogens is 426 g/mol. The fraction of sp³-hybridized carbons (Fsp3) is 0.182. The van der Waals surface area contributed by atoms with E-state index in [4.69, 9.17) is 4.42 Å². The molecule has 4 aromatic rings. The monoisotopic (exact) mass is 444 g/mol. The molecule has 3 aromatic heterocycles. The van der Waals surface area contributed by atoms with Crippen LogP contribution in [0.1, 0.15) is 22.1 Å². The highest BCUT2D eigenvalue weighted by atomic mass is 32.1. The van der Waals surface area contributed by atoms with Crippen molar-refractivity contribution in [1.82, 2.24) is 9.88 Å². The van der Waals surface area contributed by atoms with Crippen molar-refractivity contribution >= 4 is 28.6 Å². The Balaban J connectivity index is 1.43. The molecule has 0 spiro atoms. The summed E-state index contributed by atoms with van der Waals surface area (Å²) in [5.41, 5.74) is -0.250. The summed E-state index contributed by atoms with van der Waals surface area (Å²) >= 11 is 3.21. The number of halogens is 2. The van der Waals surface area contributed by atoms with Gasteiger partial charge in [-0.05, 0) is 35.0 Å². The SMILES string of the molecule is O=C(CCc1ncc(-c2c(F)cccc2F)o1)N(Cc1cccs1)Cc1cccs1. The van der Waals surface area contributed by atoms with Crippen LogP contribution < -0.4 is 0 Å². The smallest absolute Gasteiger partial charge is 0.223 e. The first-order valence-corrected chi connectivity index (χ1v) is 11.1. The Morgan fingerprint density at radius 3 is 2.17 bits per heavy atom. The minimum Gasteiger partial charge on any atom is -0.441 e. The molecule has 0 aliphatic heterocycles. The zero-order valence-electron chi connectivity index (χ0n) is 15.9. The van der Waals surface area contributed by atoms with Crippen molar-refractivity contribution < 1.29 is 18.0 Å². The zero-order valence-corrected chi connectivity index (χ0v) is 17.5. The highest BCUT2D eigenvalue weighted by Crippen LogP contribution is 2.27. The second-order valence-corrected chi connectivity index (χ2v) is 8.69. The number of oxazole rings is 1. The van der Waals surface area contributed by atoms with Gasteiger partial charge >= 0.3 is 0 Å². The first-order valence-electron chi connectivity index (χ1n) is 9.32. The van der Waals surface area contributed by atoms with Crippen molar-refractivity contribution in [3.8, 4) is 11.3 Å². The van der Waals surface area contributed by atoms with Crippen molar-refractivity contribution in [1.29, 1.82) is 0 Å². The first kappa shape index (κ1) is 20.4. The number of aryl methyl sites for hydroxylation is 1. The summed E-state index contributed by atoms with van der Waals surface area (Å²) < 4.78 is 33.4. The van der Waals surface area contributed by atoms with E-state index in [1.807, 2.05) is 35.0 Å². The van der Waals surface area contributed by atoms with E-state index in [-0.39, 0.29) is 36.0 Å². The quantitative estimate of drug-likeness (QED) is 0.340. The summed E-state index contributed by atoms with van der Waals surface area (Å²) in [6.45, 7) is 1.07. The van der Waals surface area contributed by atoms with Gasteiger partial charge in [0.15, 0.2) is 11.7 Å². The maximum absolute atomic E-state index is 13.9. The number of amides is 1. The molecule has 8 heteroatoms. The Morgan fingerprint density at radius 2 is 1.60 bits per heavy atom. The van der Waals surface area contributed by atoms with Crippen LogP contribution in [0.4, 0.5) is 8.78 Å². The van der Waals surface area contributed by atoms with Crippen LogP contribution in [0.2, 0.25) is 0 Å². The Kier molecular flexibility index (Phi) is 6.35. The van der Waals surface area contributed by atoms with Gasteiger partial charge in [0.05, 0.1) is 24.8 Å². The summed E-state index contributed by atoms with van der Waals surface area (Å²) in [7, 11) is 0. The number of hydrogen-bond donors (Lipinski definition) is 0. The molecule has 0 bridgehead atoms. The lowest BCUT2D eigenvalue weighted by atomic mass is 10.1. The summed E-state index contributed by atoms with van der Waals surface area (Å²) in [5.74, 6) is -1.18. The lowest BCUT2D eigenvalue weighted by molar-refractivity contribution is -0.132. The van der Waals surface area contributed by atoms with E-state index in [0.29, 0.717) is 13.1 Å². The molecule has 0 radical (unpaired) electrons. The van der Waals surface area contributed by atoms with Crippen LogP contribution in [0.15, 0.2) is 63.8 Å². The number of thiophene rings is 2. The Hall–Kier alpha value is -2.84. The Labute approximate surface area is 180 Å². The van der Waals surface area contributed by atoms with Crippen molar-refractivity contribution in [2.45, 2.75) is 25.9 Å². The largest absolute Gasteiger partial charge is 0.441 e. The summed E-state index contributed by atoms with van der Waals surface area (Å²) in [5, 5.41) is 3.97. The average molecular weight is 445 g/mol. The second-order valence-electron chi connectivity index (χ2n) is 6.62. The molecule has 3 heterocycles. The number of aromatic nitrogens is 1. The molecule has 154 valence electrons. The van der Waals surface area contributed by atoms with Crippen LogP contribution in [0, 0.1) is 11.6 Å². The normalized spacial score (nSPS) is 11.0. The van der Waals surface area contributed by atoms with Crippen LogP contribution in [-0.2, 0) is 24.3 Å². The highest BCUT2D eigenvalue weighted by molar-refractivity contribution is 7.10. The van der Waals surface area contributed by atoms with Crippen molar-refractivity contribution in [3.05, 3.63) is 86.7 Å². The maximum atomic E-state index is 13.9. The van der Waals surface area contributed by atoms with E-state index in [1.165, 1.54) is 12.3 Å². The first-order chi connectivity index (χ1) is 14.6. The molecular formula is C22H18F2N2O2S2. The molecule has 0 unspecified atom stereocenters. The summed E-state index contributed by atoms with van der Waals surface area (Å²) in [4.78, 5) is 21.0. The van der Waals surface area contributed by atoms with E-state index >= 15 is 0 Å². The van der Waals surface area contributed by atoms with E-state index in [0.717, 1.165) is 21.9 Å². The van der Waals surface area contributed by atoms with Gasteiger partial charge in [0.25, 0.3) is 0 Å². The highest BCUT2D eigenvalue weighted by Gasteiger charge is 2.19. The van der Waals surface area contributed by atoms with Crippen LogP contribution in [0.25, 0.3) is 11.3 Å². The molecule has 1 aromatic carbocycles. The fourth-order valence-corrected chi connectivity index (χ4v) is 4.50. The topological polar surface area (TPSA) is 46.3 Å². The number of rotatable bonds is 8. The van der Waals surface area contributed by atoms with Crippen LogP contribution >= 0.6 is 22.7 Å². The number of carbonyl (C=O) groups excluding carboxylic acids is 1. The van der Waals surface area contributed by atoms with Gasteiger partial charge in [0.2, 0.25) is 5.91 Å². The molecule has 0 saturated heterocycles. The van der Waals surface area contributed by atoms with Gasteiger partial charge in [0, 0.05) is 22.6 Å². The molecule has 4 nitrogen and oxygen atoms in total. The van der Waals surface area contributed by atoms with Gasteiger partial charge in [-0.1, -0.05) is 18.2 Å². The molecule has 0 fully saturated rings. The van der Waals surface area contributed by atoms with Gasteiger partial charge in [-0.25, -0.2) is 13.8 Å². The third-order valence-corrected chi connectivity index (χ3v) is 6.24. The molecule has 30 heavy (non-hydrogen) atoms. The molecule has 4 rings (SSSR count). The average Bonchev–Trinajstić information content (AvgIpc) is 3.49. The van der Waals surface area contributed by atoms with E-state index in [1.54, 1.807) is 27.6 Å². The number of carbonyl (C=O) groups is 1. The number of nitrogens with zero attached hydrogens (tertiary/aromatic N) is 2. The van der Waals surface area contributed by atoms with Gasteiger partial charge in [-0.3, -0.25) is 4.79 Å². The minimum absolute atomic E-state index is 0.0158. The molecule has 0 atom stereocenters. The lowest BCUT2D eigenvalue weighted by Crippen LogP contribution is -2.29. The Morgan fingerprint density at radius 1 is 0.967 bits per heavy atom. The number of benzene rings is 1. The third-order valence-electron chi connectivity index (χ3n) is 4.52. The Bertz CT molecular complexity index is 1050. The molecule has 0 aliphatic rings.